The van der Waals surface area contributed by atoms with Gasteiger partial charge >= 0.3 is 0 Å². The molecule has 0 radical (unpaired) electrons. The maximum Gasteiger partial charge on any atom is 0.171 e. The molecule has 1 heterocycles. The van der Waals surface area contributed by atoms with Crippen molar-refractivity contribution in [1.82, 2.24) is 8.75 Å². The van der Waals surface area contributed by atoms with Crippen molar-refractivity contribution >= 4 is 39.8 Å². The minimum Gasteiger partial charge on any atom is -0.492 e. The molecule has 0 spiro atoms. The Kier molecular flexibility index (Phi) is 14.4. The largest absolute Gasteiger partial charge is 0.492 e. The van der Waals surface area contributed by atoms with Crippen LogP contribution in [0, 0.1) is 0 Å². The molecule has 0 saturated carbocycles. The number of nitrogens with zero attached hydrogens (tertiary/aromatic N) is 3. The average Bonchev–Trinajstić information content (AvgIpc) is 3.90. The van der Waals surface area contributed by atoms with Crippen LogP contribution in [0.1, 0.15) is 122 Å². The van der Waals surface area contributed by atoms with E-state index in [2.05, 4.69) is 146 Å². The van der Waals surface area contributed by atoms with E-state index in [0.717, 1.165) is 63.2 Å². The first-order chi connectivity index (χ1) is 30.6. The van der Waals surface area contributed by atoms with Crippen molar-refractivity contribution in [3.63, 3.8) is 0 Å². The van der Waals surface area contributed by atoms with Crippen LogP contribution in [0.15, 0.2) is 127 Å². The van der Waals surface area contributed by atoms with E-state index in [1.165, 1.54) is 111 Å². The highest BCUT2D eigenvalue weighted by molar-refractivity contribution is 7.00. The van der Waals surface area contributed by atoms with E-state index >= 15 is 0 Å². The minimum atomic E-state index is -0.0397. The van der Waals surface area contributed by atoms with Crippen LogP contribution in [0.3, 0.4) is 0 Å². The molecule has 1 aliphatic rings. The van der Waals surface area contributed by atoms with Crippen molar-refractivity contribution in [1.29, 1.82) is 0 Å². The molecule has 0 bridgehead atoms. The molecule has 0 saturated heterocycles. The Morgan fingerprint density at radius 2 is 1.00 bits per heavy atom. The molecule has 6 aromatic carbocycles. The molecule has 0 unspecified atom stereocenters. The van der Waals surface area contributed by atoms with Gasteiger partial charge in [0, 0.05) is 22.5 Å². The molecule has 0 amide bonds. The fourth-order valence-corrected chi connectivity index (χ4v) is 10.6. The topological polar surface area (TPSA) is 47.5 Å². The summed E-state index contributed by atoms with van der Waals surface area (Å²) in [4.78, 5) is 2.28. The molecule has 0 atom stereocenters. The third kappa shape index (κ3) is 8.77. The van der Waals surface area contributed by atoms with Gasteiger partial charge in [0.1, 0.15) is 11.0 Å². The van der Waals surface area contributed by atoms with Crippen molar-refractivity contribution in [2.24, 2.45) is 0 Å². The summed E-state index contributed by atoms with van der Waals surface area (Å²) in [5, 5.41) is 0. The maximum absolute atomic E-state index is 6.64. The number of fused-ring (bicyclic) bond motifs is 4. The van der Waals surface area contributed by atoms with Gasteiger partial charge in [0.15, 0.2) is 11.5 Å². The number of rotatable bonds is 22. The third-order valence-corrected chi connectivity index (χ3v) is 13.6. The van der Waals surface area contributed by atoms with Gasteiger partial charge in [-0.3, -0.25) is 0 Å². The molecule has 8 rings (SSSR count). The lowest BCUT2D eigenvalue weighted by molar-refractivity contribution is 0.313. The molecule has 0 aliphatic heterocycles. The number of hydrogen-bond donors (Lipinski definition) is 0. The second-order valence-electron chi connectivity index (χ2n) is 17.0. The van der Waals surface area contributed by atoms with Gasteiger partial charge < -0.3 is 14.4 Å². The van der Waals surface area contributed by atoms with Gasteiger partial charge in [0.25, 0.3) is 0 Å². The van der Waals surface area contributed by atoms with E-state index in [9.17, 15) is 0 Å². The maximum atomic E-state index is 6.64. The summed E-state index contributed by atoms with van der Waals surface area (Å²) in [6.07, 6.45) is 17.9. The van der Waals surface area contributed by atoms with Gasteiger partial charge in [-0.2, -0.15) is 8.75 Å². The Hall–Kier alpha value is -5.46. The van der Waals surface area contributed by atoms with Gasteiger partial charge in [-0.25, -0.2) is 0 Å². The lowest BCUT2D eigenvalue weighted by Crippen LogP contribution is -2.25. The summed E-state index contributed by atoms with van der Waals surface area (Å²) in [6, 6.07) is 46.2. The number of anilines is 3. The lowest BCUT2D eigenvalue weighted by Gasteiger charge is -2.33. The van der Waals surface area contributed by atoms with Crippen LogP contribution in [0.2, 0.25) is 0 Å². The van der Waals surface area contributed by atoms with Crippen molar-refractivity contribution in [3.8, 4) is 44.9 Å². The summed E-state index contributed by atoms with van der Waals surface area (Å²) in [5.74, 6) is 1.41. The monoisotopic (exact) mass is 841 g/mol. The van der Waals surface area contributed by atoms with Crippen molar-refractivity contribution in [2.75, 3.05) is 18.6 Å². The van der Waals surface area contributed by atoms with Crippen LogP contribution in [-0.2, 0) is 5.41 Å². The molecule has 0 fully saturated rings. The number of unbranched alkanes of at least 4 members (excludes halogenated alkanes) is 10. The highest BCUT2D eigenvalue weighted by atomic mass is 32.1. The Labute approximate surface area is 374 Å². The van der Waals surface area contributed by atoms with Crippen LogP contribution in [-0.4, -0.2) is 22.5 Å². The highest BCUT2D eigenvalue weighted by Crippen LogP contribution is 2.57. The summed E-state index contributed by atoms with van der Waals surface area (Å²) in [6.45, 7) is 7.13. The third-order valence-electron chi connectivity index (χ3n) is 13.0. The lowest BCUT2D eigenvalue weighted by atomic mass is 9.70. The van der Waals surface area contributed by atoms with Crippen LogP contribution in [0.5, 0.6) is 11.5 Å². The summed E-state index contributed by atoms with van der Waals surface area (Å²) in [7, 11) is 1.77. The first-order valence-electron chi connectivity index (χ1n) is 23.4. The second-order valence-corrected chi connectivity index (χ2v) is 17.5. The summed E-state index contributed by atoms with van der Waals surface area (Å²) < 4.78 is 23.2. The molecule has 1 aromatic heterocycles. The molecule has 0 N–H and O–H groups in total. The molecule has 6 heteroatoms. The van der Waals surface area contributed by atoms with Gasteiger partial charge in [-0.05, 0) is 95.6 Å². The highest BCUT2D eigenvalue weighted by Gasteiger charge is 2.42. The number of hydrogen-bond acceptors (Lipinski definition) is 6. The quantitative estimate of drug-likeness (QED) is 0.0636. The van der Waals surface area contributed by atoms with E-state index < -0.39 is 0 Å². The smallest absolute Gasteiger partial charge is 0.171 e. The molecule has 62 heavy (non-hydrogen) atoms. The van der Waals surface area contributed by atoms with Crippen LogP contribution < -0.4 is 14.4 Å². The van der Waals surface area contributed by atoms with E-state index in [1.54, 1.807) is 7.11 Å². The predicted molar refractivity (Wildman–Crippen MR) is 263 cm³/mol. The molecular weight excluding hydrogens is 779 g/mol. The molecular formula is C56H63N3O2S. The first kappa shape index (κ1) is 43.2. The van der Waals surface area contributed by atoms with Gasteiger partial charge in [0.05, 0.1) is 36.6 Å². The average molecular weight is 842 g/mol. The van der Waals surface area contributed by atoms with Gasteiger partial charge in [-0.15, -0.1) is 0 Å². The Balaban J connectivity index is 1.22. The van der Waals surface area contributed by atoms with Crippen LogP contribution in [0.4, 0.5) is 17.1 Å². The summed E-state index contributed by atoms with van der Waals surface area (Å²) >= 11 is 1.25. The number of methoxy groups -OCH3 is 1. The fourth-order valence-electron chi connectivity index (χ4n) is 10.0. The molecule has 5 nitrogen and oxygen atoms in total. The zero-order valence-corrected chi connectivity index (χ0v) is 38.1. The predicted octanol–water partition coefficient (Wildman–Crippen LogP) is 16.7. The number of para-hydroxylation sites is 2. The van der Waals surface area contributed by atoms with E-state index in [1.807, 2.05) is 6.92 Å². The molecule has 1 aliphatic carbocycles. The number of ether oxygens (including phenoxy) is 2. The fraction of sp³-hybridized carbons (Fsp3) is 0.357. The Morgan fingerprint density at radius 1 is 0.500 bits per heavy atom. The zero-order chi connectivity index (χ0) is 42.7. The van der Waals surface area contributed by atoms with Crippen LogP contribution in [0.25, 0.3) is 44.4 Å². The standard InChI is InChI=1S/C56H63N3O2S/c1-5-8-10-12-14-24-38-56(39-25-15-13-11-9-6-2)48-31-23-22-30-46(48)47-37-34-42(40-49(47)56)51-53-52(57-62-58-53)50(55(61-7-3)54(51)60-4)41-32-35-45(36-33-41)59(43-26-18-16-19-27-43)44-28-20-17-21-29-44/h16-23,26-37,40H,5-15,24-25,38-39H2,1-4H3. The first-order valence-corrected chi connectivity index (χ1v) is 24.1. The van der Waals surface area contributed by atoms with Gasteiger partial charge in [0.2, 0.25) is 0 Å². The SMILES string of the molecule is CCCCCCCCC1(CCCCCCCC)c2ccccc2-c2ccc(-c3c(OC)c(OCC)c(-c4ccc(N(c5ccccc5)c5ccccc5)cc4)c4nsnc34)cc21. The summed E-state index contributed by atoms with van der Waals surface area (Å²) in [5.41, 5.74) is 14.6. The Morgan fingerprint density at radius 3 is 1.58 bits per heavy atom. The minimum absolute atomic E-state index is 0.0397. The number of aromatic nitrogens is 2. The van der Waals surface area contributed by atoms with Crippen molar-refractivity contribution in [2.45, 2.75) is 116 Å². The van der Waals surface area contributed by atoms with E-state index in [4.69, 9.17) is 18.2 Å². The van der Waals surface area contributed by atoms with E-state index in [0.29, 0.717) is 18.1 Å². The zero-order valence-electron chi connectivity index (χ0n) is 37.3. The van der Waals surface area contributed by atoms with Crippen molar-refractivity contribution < 1.29 is 9.47 Å². The van der Waals surface area contributed by atoms with Crippen LogP contribution >= 0.6 is 11.7 Å². The Bertz CT molecular complexity index is 2460. The van der Waals surface area contributed by atoms with Gasteiger partial charge in [-0.1, -0.05) is 176 Å². The molecule has 7 aromatic rings. The van der Waals surface area contributed by atoms with Crippen molar-refractivity contribution in [3.05, 3.63) is 139 Å². The second kappa shape index (κ2) is 20.6. The normalized spacial score (nSPS) is 12.6. The van der Waals surface area contributed by atoms with E-state index in [-0.39, 0.29) is 5.41 Å². The molecule has 320 valence electrons. The number of benzene rings is 6.